The van der Waals surface area contributed by atoms with E-state index in [0.29, 0.717) is 18.7 Å². The standard InChI is InChI=1S/C12H18FNO2/c1-2-14(7-8-15)9-12(16)10-3-5-11(13)6-4-10/h3-6,12,15-16H,2,7-9H2,1H3. The zero-order valence-electron chi connectivity index (χ0n) is 9.43. The number of halogens is 1. The molecular formula is C12H18FNO2. The number of aliphatic hydroxyl groups excluding tert-OH is 2. The van der Waals surface area contributed by atoms with Crippen molar-refractivity contribution in [3.63, 3.8) is 0 Å². The van der Waals surface area contributed by atoms with Gasteiger partial charge in [0.2, 0.25) is 0 Å². The van der Waals surface area contributed by atoms with E-state index in [2.05, 4.69) is 0 Å². The maximum absolute atomic E-state index is 12.7. The summed E-state index contributed by atoms with van der Waals surface area (Å²) in [4.78, 5) is 1.94. The lowest BCUT2D eigenvalue weighted by molar-refractivity contribution is 0.103. The topological polar surface area (TPSA) is 43.7 Å². The van der Waals surface area contributed by atoms with Crippen LogP contribution in [0.25, 0.3) is 0 Å². The molecule has 0 radical (unpaired) electrons. The van der Waals surface area contributed by atoms with Gasteiger partial charge in [0.15, 0.2) is 0 Å². The fraction of sp³-hybridized carbons (Fsp3) is 0.500. The van der Waals surface area contributed by atoms with Crippen molar-refractivity contribution >= 4 is 0 Å². The smallest absolute Gasteiger partial charge is 0.123 e. The third kappa shape index (κ3) is 3.89. The van der Waals surface area contributed by atoms with Gasteiger partial charge >= 0.3 is 0 Å². The highest BCUT2D eigenvalue weighted by Gasteiger charge is 2.11. The monoisotopic (exact) mass is 227 g/mol. The SMILES string of the molecule is CCN(CCO)CC(O)c1ccc(F)cc1. The van der Waals surface area contributed by atoms with Crippen molar-refractivity contribution in [1.82, 2.24) is 4.90 Å². The first-order chi connectivity index (χ1) is 7.67. The largest absolute Gasteiger partial charge is 0.395 e. The molecule has 0 aromatic heterocycles. The van der Waals surface area contributed by atoms with Crippen LogP contribution < -0.4 is 0 Å². The zero-order chi connectivity index (χ0) is 12.0. The summed E-state index contributed by atoms with van der Waals surface area (Å²) in [5.41, 5.74) is 0.692. The van der Waals surface area contributed by atoms with Crippen molar-refractivity contribution in [2.24, 2.45) is 0 Å². The van der Waals surface area contributed by atoms with E-state index in [-0.39, 0.29) is 12.4 Å². The first-order valence-corrected chi connectivity index (χ1v) is 5.44. The van der Waals surface area contributed by atoms with Gasteiger partial charge < -0.3 is 10.2 Å². The molecule has 4 heteroatoms. The molecule has 0 aliphatic carbocycles. The lowest BCUT2D eigenvalue weighted by atomic mass is 10.1. The summed E-state index contributed by atoms with van der Waals surface area (Å²) in [7, 11) is 0. The number of aliphatic hydroxyl groups is 2. The van der Waals surface area contributed by atoms with Crippen molar-refractivity contribution in [2.45, 2.75) is 13.0 Å². The second-order valence-electron chi connectivity index (χ2n) is 3.68. The molecule has 2 N–H and O–H groups in total. The molecule has 1 unspecified atom stereocenters. The van der Waals surface area contributed by atoms with Gasteiger partial charge in [-0.3, -0.25) is 4.90 Å². The van der Waals surface area contributed by atoms with E-state index in [1.54, 1.807) is 12.1 Å². The van der Waals surface area contributed by atoms with E-state index < -0.39 is 6.10 Å². The summed E-state index contributed by atoms with van der Waals surface area (Å²) in [6, 6.07) is 5.82. The normalized spacial score (nSPS) is 13.1. The minimum Gasteiger partial charge on any atom is -0.395 e. The van der Waals surface area contributed by atoms with Crippen molar-refractivity contribution < 1.29 is 14.6 Å². The summed E-state index contributed by atoms with van der Waals surface area (Å²) in [5.74, 6) is -0.307. The summed E-state index contributed by atoms with van der Waals surface area (Å²) in [6.45, 7) is 3.79. The van der Waals surface area contributed by atoms with E-state index >= 15 is 0 Å². The van der Waals surface area contributed by atoms with Crippen LogP contribution in [0.3, 0.4) is 0 Å². The van der Waals surface area contributed by atoms with E-state index in [1.165, 1.54) is 12.1 Å². The lowest BCUT2D eigenvalue weighted by Crippen LogP contribution is -2.31. The number of likely N-dealkylation sites (N-methyl/N-ethyl adjacent to an activating group) is 1. The lowest BCUT2D eigenvalue weighted by Gasteiger charge is -2.22. The van der Waals surface area contributed by atoms with E-state index in [0.717, 1.165) is 6.54 Å². The summed E-state index contributed by atoms with van der Waals surface area (Å²) < 4.78 is 12.7. The average molecular weight is 227 g/mol. The van der Waals surface area contributed by atoms with Gasteiger partial charge in [-0.1, -0.05) is 19.1 Å². The molecule has 0 bridgehead atoms. The fourth-order valence-electron chi connectivity index (χ4n) is 1.55. The molecule has 0 aliphatic rings. The predicted octanol–water partition coefficient (Wildman–Crippen LogP) is 1.17. The van der Waals surface area contributed by atoms with Gasteiger partial charge in [0.1, 0.15) is 5.82 Å². The van der Waals surface area contributed by atoms with Crippen LogP contribution in [0, 0.1) is 5.82 Å². The Balaban J connectivity index is 2.56. The van der Waals surface area contributed by atoms with Crippen LogP contribution in [0.2, 0.25) is 0 Å². The van der Waals surface area contributed by atoms with Crippen molar-refractivity contribution in [3.05, 3.63) is 35.6 Å². The summed E-state index contributed by atoms with van der Waals surface area (Å²) in [6.07, 6.45) is -0.646. The molecule has 0 saturated heterocycles. The van der Waals surface area contributed by atoms with Crippen molar-refractivity contribution in [1.29, 1.82) is 0 Å². The van der Waals surface area contributed by atoms with Gasteiger partial charge in [-0.15, -0.1) is 0 Å². The quantitative estimate of drug-likeness (QED) is 0.766. The third-order valence-electron chi connectivity index (χ3n) is 2.55. The highest BCUT2D eigenvalue weighted by Crippen LogP contribution is 2.14. The fourth-order valence-corrected chi connectivity index (χ4v) is 1.55. The van der Waals surface area contributed by atoms with Crippen LogP contribution in [-0.2, 0) is 0 Å². The Kier molecular flexibility index (Phi) is 5.38. The molecule has 1 atom stereocenters. The van der Waals surface area contributed by atoms with E-state index in [1.807, 2.05) is 11.8 Å². The molecular weight excluding hydrogens is 209 g/mol. The van der Waals surface area contributed by atoms with Crippen molar-refractivity contribution in [3.8, 4) is 0 Å². The van der Waals surface area contributed by atoms with Gasteiger partial charge in [0, 0.05) is 13.1 Å². The van der Waals surface area contributed by atoms with Crippen LogP contribution in [0.1, 0.15) is 18.6 Å². The highest BCUT2D eigenvalue weighted by atomic mass is 19.1. The number of benzene rings is 1. The average Bonchev–Trinajstić information content (AvgIpc) is 2.29. The number of rotatable bonds is 6. The Hall–Kier alpha value is -0.970. The van der Waals surface area contributed by atoms with Gasteiger partial charge in [-0.2, -0.15) is 0 Å². The molecule has 0 spiro atoms. The predicted molar refractivity (Wildman–Crippen MR) is 60.6 cm³/mol. The van der Waals surface area contributed by atoms with E-state index in [9.17, 15) is 9.50 Å². The first-order valence-electron chi connectivity index (χ1n) is 5.44. The van der Waals surface area contributed by atoms with Crippen LogP contribution in [0.15, 0.2) is 24.3 Å². The Morgan fingerprint density at radius 3 is 2.44 bits per heavy atom. The molecule has 90 valence electrons. The molecule has 1 aromatic rings. The molecule has 16 heavy (non-hydrogen) atoms. The van der Waals surface area contributed by atoms with Gasteiger partial charge in [-0.25, -0.2) is 4.39 Å². The number of hydrogen-bond donors (Lipinski definition) is 2. The molecule has 0 aliphatic heterocycles. The molecule has 1 rings (SSSR count). The Labute approximate surface area is 95.1 Å². The van der Waals surface area contributed by atoms with Gasteiger partial charge in [0.05, 0.1) is 12.7 Å². The number of hydrogen-bond acceptors (Lipinski definition) is 3. The second kappa shape index (κ2) is 6.58. The zero-order valence-corrected chi connectivity index (χ0v) is 9.43. The maximum atomic E-state index is 12.7. The van der Waals surface area contributed by atoms with Crippen LogP contribution in [0.5, 0.6) is 0 Å². The molecule has 1 aromatic carbocycles. The summed E-state index contributed by atoms with van der Waals surface area (Å²) >= 11 is 0. The van der Waals surface area contributed by atoms with Crippen LogP contribution in [0.4, 0.5) is 4.39 Å². The Bertz CT molecular complexity index is 302. The summed E-state index contributed by atoms with van der Waals surface area (Å²) in [5, 5.41) is 18.7. The van der Waals surface area contributed by atoms with Crippen LogP contribution in [-0.4, -0.2) is 41.4 Å². The highest BCUT2D eigenvalue weighted by molar-refractivity contribution is 5.18. The van der Waals surface area contributed by atoms with Gasteiger partial charge in [0.25, 0.3) is 0 Å². The third-order valence-corrected chi connectivity index (χ3v) is 2.55. The van der Waals surface area contributed by atoms with Crippen molar-refractivity contribution in [2.75, 3.05) is 26.2 Å². The second-order valence-corrected chi connectivity index (χ2v) is 3.68. The molecule has 0 saturated carbocycles. The molecule has 3 nitrogen and oxygen atoms in total. The number of nitrogens with zero attached hydrogens (tertiary/aromatic N) is 1. The Morgan fingerprint density at radius 1 is 1.31 bits per heavy atom. The minimum absolute atomic E-state index is 0.0734. The maximum Gasteiger partial charge on any atom is 0.123 e. The Morgan fingerprint density at radius 2 is 1.94 bits per heavy atom. The minimum atomic E-state index is -0.646. The molecule has 0 amide bonds. The van der Waals surface area contributed by atoms with E-state index in [4.69, 9.17) is 5.11 Å². The first kappa shape index (κ1) is 13.1. The van der Waals surface area contributed by atoms with Gasteiger partial charge in [-0.05, 0) is 24.2 Å². The van der Waals surface area contributed by atoms with Crippen LogP contribution >= 0.6 is 0 Å². The molecule has 0 fully saturated rings. The molecule has 0 heterocycles.